The minimum Gasteiger partial charge on any atom is -0.366 e. The zero-order valence-corrected chi connectivity index (χ0v) is 13.2. The number of hydrogen-bond acceptors (Lipinski definition) is 4. The van der Waals surface area contributed by atoms with Crippen LogP contribution in [0.2, 0.25) is 0 Å². The minimum absolute atomic E-state index is 0.145. The zero-order chi connectivity index (χ0) is 14.6. The van der Waals surface area contributed by atoms with Crippen LogP contribution in [-0.2, 0) is 16.6 Å². The molecular weight excluding hydrogens is 342 g/mol. The Morgan fingerprint density at radius 2 is 1.95 bits per heavy atom. The lowest BCUT2D eigenvalue weighted by Gasteiger charge is -2.08. The Morgan fingerprint density at radius 3 is 2.55 bits per heavy atom. The monoisotopic (exact) mass is 355 g/mol. The molecule has 7 heteroatoms. The van der Waals surface area contributed by atoms with Crippen molar-refractivity contribution in [1.82, 2.24) is 9.71 Å². The van der Waals surface area contributed by atoms with Gasteiger partial charge in [0.15, 0.2) is 0 Å². The standard InChI is InChI=1S/C13H14BrN3O2S/c1-15-20(18,19)11-6-7-13(17-9-11)16-8-10-4-2-3-5-12(10)14/h2-7,9,15H,8H2,1H3,(H,16,17). The van der Waals surface area contributed by atoms with Gasteiger partial charge in [-0.25, -0.2) is 18.1 Å². The minimum atomic E-state index is -3.44. The van der Waals surface area contributed by atoms with E-state index in [1.54, 1.807) is 6.07 Å². The van der Waals surface area contributed by atoms with E-state index in [0.717, 1.165) is 10.0 Å². The molecule has 0 bridgehead atoms. The van der Waals surface area contributed by atoms with Crippen molar-refractivity contribution in [2.45, 2.75) is 11.4 Å². The molecule has 0 fully saturated rings. The van der Waals surface area contributed by atoms with Crippen LogP contribution >= 0.6 is 15.9 Å². The number of anilines is 1. The number of aromatic nitrogens is 1. The number of hydrogen-bond donors (Lipinski definition) is 2. The summed E-state index contributed by atoms with van der Waals surface area (Å²) < 4.78 is 26.4. The molecule has 0 aliphatic heterocycles. The molecule has 1 aromatic carbocycles. The first-order chi connectivity index (χ1) is 9.53. The molecule has 0 unspecified atom stereocenters. The first-order valence-corrected chi connectivity index (χ1v) is 8.17. The van der Waals surface area contributed by atoms with E-state index in [0.29, 0.717) is 12.4 Å². The Hall–Kier alpha value is -1.44. The molecule has 0 amide bonds. The molecule has 2 N–H and O–H groups in total. The number of nitrogens with zero attached hydrogens (tertiary/aromatic N) is 1. The average molecular weight is 356 g/mol. The number of halogens is 1. The van der Waals surface area contributed by atoms with Crippen LogP contribution in [0.4, 0.5) is 5.82 Å². The van der Waals surface area contributed by atoms with Crippen molar-refractivity contribution < 1.29 is 8.42 Å². The lowest BCUT2D eigenvalue weighted by Crippen LogP contribution is -2.18. The highest BCUT2D eigenvalue weighted by Gasteiger charge is 2.11. The van der Waals surface area contributed by atoms with Gasteiger partial charge in [0.1, 0.15) is 10.7 Å². The first kappa shape index (κ1) is 15.0. The van der Waals surface area contributed by atoms with E-state index in [-0.39, 0.29) is 4.90 Å². The van der Waals surface area contributed by atoms with Gasteiger partial charge in [-0.1, -0.05) is 34.1 Å². The Kier molecular flexibility index (Phi) is 4.74. The number of sulfonamides is 1. The third-order valence-corrected chi connectivity index (χ3v) is 4.91. The second-order valence-corrected chi connectivity index (χ2v) is 6.77. The fourth-order valence-electron chi connectivity index (χ4n) is 1.59. The summed E-state index contributed by atoms with van der Waals surface area (Å²) in [6.07, 6.45) is 1.33. The van der Waals surface area contributed by atoms with Crippen LogP contribution in [0.15, 0.2) is 52.0 Å². The normalized spacial score (nSPS) is 11.3. The van der Waals surface area contributed by atoms with Gasteiger partial charge < -0.3 is 5.32 Å². The number of benzene rings is 1. The summed E-state index contributed by atoms with van der Waals surface area (Å²) in [5, 5.41) is 3.14. The number of rotatable bonds is 5. The van der Waals surface area contributed by atoms with Crippen LogP contribution in [0, 0.1) is 0 Å². The van der Waals surface area contributed by atoms with Gasteiger partial charge >= 0.3 is 0 Å². The van der Waals surface area contributed by atoms with Crippen molar-refractivity contribution >= 4 is 31.8 Å². The van der Waals surface area contributed by atoms with Crippen LogP contribution in [0.25, 0.3) is 0 Å². The molecule has 0 saturated carbocycles. The summed E-state index contributed by atoms with van der Waals surface area (Å²) in [6, 6.07) is 11.0. The van der Waals surface area contributed by atoms with Gasteiger partial charge in [-0.2, -0.15) is 0 Å². The Bertz CT molecular complexity index is 687. The highest BCUT2D eigenvalue weighted by molar-refractivity contribution is 9.10. The molecular formula is C13H14BrN3O2S. The third-order valence-electron chi connectivity index (χ3n) is 2.73. The molecule has 2 rings (SSSR count). The van der Waals surface area contributed by atoms with Crippen LogP contribution in [0.5, 0.6) is 0 Å². The molecule has 20 heavy (non-hydrogen) atoms. The molecule has 1 aromatic heterocycles. The first-order valence-electron chi connectivity index (χ1n) is 5.90. The lowest BCUT2D eigenvalue weighted by molar-refractivity contribution is 0.588. The molecule has 0 aliphatic rings. The maximum atomic E-state index is 11.6. The summed E-state index contributed by atoms with van der Waals surface area (Å²) in [5.41, 5.74) is 1.10. The summed E-state index contributed by atoms with van der Waals surface area (Å²) in [7, 11) is -2.07. The SMILES string of the molecule is CNS(=O)(=O)c1ccc(NCc2ccccc2Br)nc1. The summed E-state index contributed by atoms with van der Waals surface area (Å²) in [5.74, 6) is 0.621. The number of nitrogens with one attached hydrogen (secondary N) is 2. The molecule has 0 radical (unpaired) electrons. The van der Waals surface area contributed by atoms with E-state index in [2.05, 4.69) is 31.0 Å². The maximum Gasteiger partial charge on any atom is 0.241 e. The Balaban J connectivity index is 2.07. The Labute approximate surface area is 126 Å². The van der Waals surface area contributed by atoms with Crippen LogP contribution in [0.3, 0.4) is 0 Å². The summed E-state index contributed by atoms with van der Waals surface area (Å²) in [4.78, 5) is 4.24. The molecule has 0 atom stereocenters. The van der Waals surface area contributed by atoms with Crippen LogP contribution < -0.4 is 10.0 Å². The lowest BCUT2D eigenvalue weighted by atomic mass is 10.2. The van der Waals surface area contributed by atoms with E-state index in [9.17, 15) is 8.42 Å². The van der Waals surface area contributed by atoms with Crippen molar-refractivity contribution in [2.24, 2.45) is 0 Å². The molecule has 106 valence electrons. The second kappa shape index (κ2) is 6.34. The van der Waals surface area contributed by atoms with E-state index >= 15 is 0 Å². The van der Waals surface area contributed by atoms with E-state index < -0.39 is 10.0 Å². The van der Waals surface area contributed by atoms with Gasteiger partial charge in [-0.15, -0.1) is 0 Å². The van der Waals surface area contributed by atoms with Gasteiger partial charge in [0.25, 0.3) is 0 Å². The summed E-state index contributed by atoms with van der Waals surface area (Å²) >= 11 is 3.47. The average Bonchev–Trinajstić information content (AvgIpc) is 2.47. The fourth-order valence-corrected chi connectivity index (χ4v) is 2.69. The zero-order valence-electron chi connectivity index (χ0n) is 10.8. The second-order valence-electron chi connectivity index (χ2n) is 4.03. The quantitative estimate of drug-likeness (QED) is 0.863. The molecule has 0 saturated heterocycles. The van der Waals surface area contributed by atoms with Crippen LogP contribution in [-0.4, -0.2) is 20.4 Å². The predicted molar refractivity (Wildman–Crippen MR) is 82.0 cm³/mol. The molecule has 2 aromatic rings. The smallest absolute Gasteiger partial charge is 0.241 e. The molecule has 0 aliphatic carbocycles. The highest BCUT2D eigenvalue weighted by Crippen LogP contribution is 2.17. The Morgan fingerprint density at radius 1 is 1.20 bits per heavy atom. The summed E-state index contributed by atoms with van der Waals surface area (Å²) in [6.45, 7) is 0.604. The van der Waals surface area contributed by atoms with Crippen molar-refractivity contribution in [3.63, 3.8) is 0 Å². The van der Waals surface area contributed by atoms with E-state index in [1.165, 1.54) is 19.3 Å². The van der Waals surface area contributed by atoms with Gasteiger partial charge in [0.2, 0.25) is 10.0 Å². The van der Waals surface area contributed by atoms with Crippen molar-refractivity contribution in [3.05, 3.63) is 52.6 Å². The van der Waals surface area contributed by atoms with E-state index in [4.69, 9.17) is 0 Å². The third kappa shape index (κ3) is 3.56. The van der Waals surface area contributed by atoms with E-state index in [1.807, 2.05) is 24.3 Å². The van der Waals surface area contributed by atoms with Gasteiger partial charge in [-0.05, 0) is 30.8 Å². The van der Waals surface area contributed by atoms with Crippen LogP contribution in [0.1, 0.15) is 5.56 Å². The topological polar surface area (TPSA) is 71.1 Å². The molecule has 1 heterocycles. The molecule has 5 nitrogen and oxygen atoms in total. The highest BCUT2D eigenvalue weighted by atomic mass is 79.9. The van der Waals surface area contributed by atoms with Crippen molar-refractivity contribution in [1.29, 1.82) is 0 Å². The van der Waals surface area contributed by atoms with Crippen molar-refractivity contribution in [3.8, 4) is 0 Å². The largest absolute Gasteiger partial charge is 0.366 e. The van der Waals surface area contributed by atoms with Crippen molar-refractivity contribution in [2.75, 3.05) is 12.4 Å². The maximum absolute atomic E-state index is 11.6. The fraction of sp³-hybridized carbons (Fsp3) is 0.154. The molecule has 0 spiro atoms. The van der Waals surface area contributed by atoms with Gasteiger partial charge in [0, 0.05) is 17.2 Å². The van der Waals surface area contributed by atoms with Gasteiger partial charge in [0.05, 0.1) is 0 Å². The van der Waals surface area contributed by atoms with Gasteiger partial charge in [-0.3, -0.25) is 0 Å². The number of pyridine rings is 1. The predicted octanol–water partition coefficient (Wildman–Crippen LogP) is 2.36.